The first-order valence-corrected chi connectivity index (χ1v) is 12.1. The Balaban J connectivity index is 2.56. The van der Waals surface area contributed by atoms with Gasteiger partial charge in [0.2, 0.25) is 0 Å². The molecule has 0 bridgehead atoms. The number of carbonyl (C=O) groups excluding carboxylic acids is 2. The molecule has 1 aromatic carbocycles. The van der Waals surface area contributed by atoms with Gasteiger partial charge in [0.25, 0.3) is 0 Å². The molecule has 4 nitrogen and oxygen atoms in total. The number of esters is 2. The van der Waals surface area contributed by atoms with Crippen LogP contribution in [-0.4, -0.2) is 25.2 Å². The lowest BCUT2D eigenvalue weighted by Gasteiger charge is -2.12. The summed E-state index contributed by atoms with van der Waals surface area (Å²) in [5.41, 5.74) is 0.0893. The van der Waals surface area contributed by atoms with Crippen LogP contribution in [0.15, 0.2) is 12.1 Å². The molecule has 0 saturated carbocycles. The smallest absolute Gasteiger partial charge is 0.340 e. The molecule has 0 aromatic heterocycles. The monoisotopic (exact) mass is 458 g/mol. The molecule has 0 heterocycles. The Bertz CT molecular complexity index is 646. The maximum Gasteiger partial charge on any atom is 0.340 e. The van der Waals surface area contributed by atoms with Crippen molar-refractivity contribution in [1.82, 2.24) is 0 Å². The SMILES string of the molecule is CCCCCCCCOC(=O)c1ccc(Cl)c(Cl)c1C(=O)OCCCCCCCC. The van der Waals surface area contributed by atoms with E-state index in [4.69, 9.17) is 32.7 Å². The topological polar surface area (TPSA) is 52.6 Å². The van der Waals surface area contributed by atoms with Crippen molar-refractivity contribution in [3.05, 3.63) is 33.3 Å². The van der Waals surface area contributed by atoms with E-state index in [9.17, 15) is 9.59 Å². The second-order valence-electron chi connectivity index (χ2n) is 7.59. The molecule has 0 amide bonds. The van der Waals surface area contributed by atoms with Crippen LogP contribution in [0.2, 0.25) is 10.0 Å². The first kappa shape index (κ1) is 26.8. The highest BCUT2D eigenvalue weighted by Crippen LogP contribution is 2.30. The maximum atomic E-state index is 12.6. The van der Waals surface area contributed by atoms with Crippen LogP contribution < -0.4 is 0 Å². The fourth-order valence-electron chi connectivity index (χ4n) is 3.16. The zero-order valence-corrected chi connectivity index (χ0v) is 20.0. The van der Waals surface area contributed by atoms with Crippen LogP contribution in [0.4, 0.5) is 0 Å². The molecule has 30 heavy (non-hydrogen) atoms. The van der Waals surface area contributed by atoms with E-state index >= 15 is 0 Å². The fraction of sp³-hybridized carbons (Fsp3) is 0.667. The van der Waals surface area contributed by atoms with Crippen LogP contribution in [0.1, 0.15) is 112 Å². The van der Waals surface area contributed by atoms with Gasteiger partial charge in [0.05, 0.1) is 34.4 Å². The molecular weight excluding hydrogens is 423 g/mol. The minimum Gasteiger partial charge on any atom is -0.462 e. The zero-order chi connectivity index (χ0) is 22.2. The molecule has 1 rings (SSSR count). The first-order chi connectivity index (χ1) is 14.5. The third-order valence-electron chi connectivity index (χ3n) is 4.98. The molecule has 0 atom stereocenters. The van der Waals surface area contributed by atoms with Gasteiger partial charge < -0.3 is 9.47 Å². The van der Waals surface area contributed by atoms with Gasteiger partial charge in [-0.15, -0.1) is 0 Å². The highest BCUT2D eigenvalue weighted by Gasteiger charge is 2.24. The van der Waals surface area contributed by atoms with E-state index in [-0.39, 0.29) is 21.2 Å². The lowest BCUT2D eigenvalue weighted by molar-refractivity contribution is 0.0450. The van der Waals surface area contributed by atoms with Crippen LogP contribution in [-0.2, 0) is 9.47 Å². The second-order valence-corrected chi connectivity index (χ2v) is 8.38. The Kier molecular flexibility index (Phi) is 14.7. The lowest BCUT2D eigenvalue weighted by atomic mass is 10.1. The second kappa shape index (κ2) is 16.4. The van der Waals surface area contributed by atoms with Gasteiger partial charge in [-0.2, -0.15) is 0 Å². The number of halogens is 2. The van der Waals surface area contributed by atoms with Crippen LogP contribution in [0.3, 0.4) is 0 Å². The van der Waals surface area contributed by atoms with Crippen molar-refractivity contribution < 1.29 is 19.1 Å². The highest BCUT2D eigenvalue weighted by atomic mass is 35.5. The van der Waals surface area contributed by atoms with Crippen molar-refractivity contribution in [3.63, 3.8) is 0 Å². The van der Waals surface area contributed by atoms with E-state index in [1.165, 1.54) is 50.7 Å². The number of rotatable bonds is 16. The molecule has 0 aliphatic rings. The molecule has 0 radical (unpaired) electrons. The summed E-state index contributed by atoms with van der Waals surface area (Å²) in [5, 5.41) is 0.231. The number of benzene rings is 1. The van der Waals surface area contributed by atoms with E-state index in [1.54, 1.807) is 0 Å². The molecule has 0 saturated heterocycles. The van der Waals surface area contributed by atoms with Crippen LogP contribution in [0.5, 0.6) is 0 Å². The van der Waals surface area contributed by atoms with E-state index in [0.29, 0.717) is 13.2 Å². The van der Waals surface area contributed by atoms with Crippen molar-refractivity contribution in [1.29, 1.82) is 0 Å². The van der Waals surface area contributed by atoms with Crippen molar-refractivity contribution in [2.24, 2.45) is 0 Å². The summed E-state index contributed by atoms with van der Waals surface area (Å²) >= 11 is 12.3. The Morgan fingerprint density at radius 2 is 1.17 bits per heavy atom. The number of carbonyl (C=O) groups is 2. The van der Waals surface area contributed by atoms with Crippen molar-refractivity contribution in [2.45, 2.75) is 90.9 Å². The molecule has 0 aliphatic carbocycles. The minimum absolute atomic E-state index is 0.0110. The predicted molar refractivity (Wildman–Crippen MR) is 124 cm³/mol. The Labute approximate surface area is 191 Å². The lowest BCUT2D eigenvalue weighted by Crippen LogP contribution is -2.16. The van der Waals surface area contributed by atoms with Crippen molar-refractivity contribution in [2.75, 3.05) is 13.2 Å². The molecule has 0 unspecified atom stereocenters. The summed E-state index contributed by atoms with van der Waals surface area (Å²) in [5.74, 6) is -1.21. The first-order valence-electron chi connectivity index (χ1n) is 11.3. The fourth-order valence-corrected chi connectivity index (χ4v) is 3.56. The Morgan fingerprint density at radius 1 is 0.700 bits per heavy atom. The third kappa shape index (κ3) is 10.2. The normalized spacial score (nSPS) is 10.8. The van der Waals surface area contributed by atoms with Crippen LogP contribution in [0.25, 0.3) is 0 Å². The van der Waals surface area contributed by atoms with E-state index in [2.05, 4.69) is 13.8 Å². The highest BCUT2D eigenvalue weighted by molar-refractivity contribution is 6.44. The quantitative estimate of drug-likeness (QED) is 0.185. The molecule has 170 valence electrons. The molecule has 0 N–H and O–H groups in total. The number of ether oxygens (including phenoxy) is 2. The van der Waals surface area contributed by atoms with Gasteiger partial charge in [-0.25, -0.2) is 9.59 Å². The predicted octanol–water partition coefficient (Wildman–Crippen LogP) is 8.03. The van der Waals surface area contributed by atoms with Gasteiger partial charge in [0.15, 0.2) is 0 Å². The van der Waals surface area contributed by atoms with Gasteiger partial charge in [0, 0.05) is 0 Å². The summed E-state index contributed by atoms with van der Waals surface area (Å²) in [6, 6.07) is 2.97. The molecule has 0 fully saturated rings. The van der Waals surface area contributed by atoms with Crippen LogP contribution in [0, 0.1) is 0 Å². The maximum absolute atomic E-state index is 12.6. The molecule has 0 aliphatic heterocycles. The van der Waals surface area contributed by atoms with Gasteiger partial charge in [-0.3, -0.25) is 0 Å². The summed E-state index contributed by atoms with van der Waals surface area (Å²) in [4.78, 5) is 25.1. The van der Waals surface area contributed by atoms with E-state index < -0.39 is 11.9 Å². The average Bonchev–Trinajstić information content (AvgIpc) is 2.73. The Hall–Kier alpha value is -1.26. The molecule has 6 heteroatoms. The van der Waals surface area contributed by atoms with Gasteiger partial charge >= 0.3 is 11.9 Å². The van der Waals surface area contributed by atoms with E-state index in [0.717, 1.165) is 38.5 Å². The van der Waals surface area contributed by atoms with E-state index in [1.807, 2.05) is 0 Å². The zero-order valence-electron chi connectivity index (χ0n) is 18.4. The summed E-state index contributed by atoms with van der Waals surface area (Å²) in [6.07, 6.45) is 13.1. The standard InChI is InChI=1S/C24H36Cl2O4/c1-3-5-7-9-11-13-17-29-23(27)19-15-16-20(25)22(26)21(19)24(28)30-18-14-12-10-8-6-4-2/h15-16H,3-14,17-18H2,1-2H3. The summed E-state index contributed by atoms with van der Waals surface area (Å²) < 4.78 is 10.7. The molecular formula is C24H36Cl2O4. The van der Waals surface area contributed by atoms with Crippen molar-refractivity contribution >= 4 is 35.1 Å². The van der Waals surface area contributed by atoms with Crippen molar-refractivity contribution in [3.8, 4) is 0 Å². The number of unbranched alkanes of at least 4 members (excludes halogenated alkanes) is 10. The third-order valence-corrected chi connectivity index (χ3v) is 5.79. The number of hydrogen-bond acceptors (Lipinski definition) is 4. The minimum atomic E-state index is -0.637. The average molecular weight is 459 g/mol. The molecule has 1 aromatic rings. The summed E-state index contributed by atoms with van der Waals surface area (Å²) in [7, 11) is 0. The molecule has 0 spiro atoms. The summed E-state index contributed by atoms with van der Waals surface area (Å²) in [6.45, 7) is 4.96. The number of hydrogen-bond donors (Lipinski definition) is 0. The van der Waals surface area contributed by atoms with Gasteiger partial charge in [0.1, 0.15) is 0 Å². The largest absolute Gasteiger partial charge is 0.462 e. The van der Waals surface area contributed by atoms with Crippen LogP contribution >= 0.6 is 23.2 Å². The Morgan fingerprint density at radius 3 is 1.70 bits per heavy atom. The van der Waals surface area contributed by atoms with Gasteiger partial charge in [-0.05, 0) is 25.0 Å². The van der Waals surface area contributed by atoms with Gasteiger partial charge in [-0.1, -0.05) is 101 Å².